The summed E-state index contributed by atoms with van der Waals surface area (Å²) >= 11 is 6.47. The first-order chi connectivity index (χ1) is 14.7. The van der Waals surface area contributed by atoms with E-state index in [4.69, 9.17) is 21.1 Å². The molecular weight excluding hydrogens is 447 g/mol. The van der Waals surface area contributed by atoms with Crippen molar-refractivity contribution >= 4 is 49.4 Å². The number of fused-ring (bicyclic) bond motifs is 1. The zero-order valence-electron chi connectivity index (χ0n) is 16.7. The molecule has 0 saturated carbocycles. The normalized spacial score (nSPS) is 18.9. The van der Waals surface area contributed by atoms with E-state index < -0.39 is 27.8 Å². The minimum atomic E-state index is -2.37. The summed E-state index contributed by atoms with van der Waals surface area (Å²) in [7, 11) is -2.37. The SMILES string of the molecule is CS(C)(=O)=Nc1cc(Cl)c2c(Nc3ccc(F)cc3O[C@@H]3COC[C@H]3O)ncnc2c1. The molecule has 0 bridgehead atoms. The molecule has 11 heteroatoms. The van der Waals surface area contributed by atoms with Gasteiger partial charge in [-0.25, -0.2) is 18.6 Å². The molecule has 0 aliphatic carbocycles. The average Bonchev–Trinajstić information content (AvgIpc) is 3.07. The smallest absolute Gasteiger partial charge is 0.150 e. The maximum atomic E-state index is 13.9. The molecule has 1 aliphatic rings. The molecule has 4 rings (SSSR count). The van der Waals surface area contributed by atoms with E-state index in [1.54, 1.807) is 12.1 Å². The molecule has 164 valence electrons. The van der Waals surface area contributed by atoms with Gasteiger partial charge in [0.1, 0.15) is 29.8 Å². The number of aliphatic hydroxyl groups is 1. The lowest BCUT2D eigenvalue weighted by atomic mass is 10.2. The zero-order chi connectivity index (χ0) is 22.2. The van der Waals surface area contributed by atoms with Crippen LogP contribution in [0.5, 0.6) is 5.75 Å². The van der Waals surface area contributed by atoms with Crippen LogP contribution in [0.15, 0.2) is 41.0 Å². The lowest BCUT2D eigenvalue weighted by Gasteiger charge is -2.19. The first-order valence-electron chi connectivity index (χ1n) is 9.30. The first kappa shape index (κ1) is 21.7. The highest BCUT2D eigenvalue weighted by atomic mass is 35.5. The van der Waals surface area contributed by atoms with Gasteiger partial charge in [-0.05, 0) is 24.3 Å². The third-order valence-corrected chi connectivity index (χ3v) is 5.42. The molecule has 1 aromatic heterocycles. The van der Waals surface area contributed by atoms with Gasteiger partial charge in [0.25, 0.3) is 0 Å². The lowest BCUT2D eigenvalue weighted by Crippen LogP contribution is -2.30. The van der Waals surface area contributed by atoms with Crippen molar-refractivity contribution < 1.29 is 23.2 Å². The molecule has 8 nitrogen and oxygen atoms in total. The summed E-state index contributed by atoms with van der Waals surface area (Å²) in [5.74, 6) is 0.0734. The fraction of sp³-hybridized carbons (Fsp3) is 0.300. The van der Waals surface area contributed by atoms with Crippen LogP contribution in [0, 0.1) is 5.82 Å². The predicted molar refractivity (Wildman–Crippen MR) is 118 cm³/mol. The molecule has 0 spiro atoms. The number of nitrogens with zero attached hydrogens (tertiary/aromatic N) is 3. The third kappa shape index (κ3) is 5.04. The van der Waals surface area contributed by atoms with Gasteiger partial charge in [0.05, 0.1) is 40.5 Å². The number of benzene rings is 2. The van der Waals surface area contributed by atoms with Crippen molar-refractivity contribution in [3.63, 3.8) is 0 Å². The molecule has 3 aromatic rings. The van der Waals surface area contributed by atoms with E-state index in [1.807, 2.05) is 0 Å². The van der Waals surface area contributed by atoms with Crippen LogP contribution in [-0.2, 0) is 14.5 Å². The molecule has 0 radical (unpaired) electrons. The Hall–Kier alpha value is -2.53. The number of nitrogens with one attached hydrogen (secondary N) is 1. The summed E-state index contributed by atoms with van der Waals surface area (Å²) in [6, 6.07) is 7.24. The van der Waals surface area contributed by atoms with E-state index in [0.29, 0.717) is 33.1 Å². The summed E-state index contributed by atoms with van der Waals surface area (Å²) in [4.78, 5) is 8.50. The van der Waals surface area contributed by atoms with Crippen LogP contribution in [0.25, 0.3) is 10.9 Å². The standard InChI is InChI=1S/C20H20ClFN4O4S/c1-31(2,28)26-12-6-13(21)19-15(7-12)23-10-24-20(19)25-14-4-3-11(22)5-17(14)30-18-9-29-8-16(18)27/h3-7,10,16,18,27H,8-9H2,1-2H3,(H,23,24,25)/t16-,18-/m1/s1. The van der Waals surface area contributed by atoms with Crippen LogP contribution in [0.4, 0.5) is 21.6 Å². The van der Waals surface area contributed by atoms with Crippen molar-refractivity contribution in [2.45, 2.75) is 12.2 Å². The van der Waals surface area contributed by atoms with Crippen molar-refractivity contribution in [3.8, 4) is 5.75 Å². The molecule has 1 aliphatic heterocycles. The fourth-order valence-electron chi connectivity index (χ4n) is 3.15. The molecule has 31 heavy (non-hydrogen) atoms. The number of rotatable bonds is 5. The van der Waals surface area contributed by atoms with Gasteiger partial charge in [0.15, 0.2) is 6.10 Å². The summed E-state index contributed by atoms with van der Waals surface area (Å²) < 4.78 is 41.0. The van der Waals surface area contributed by atoms with Gasteiger partial charge in [0.2, 0.25) is 0 Å². The quantitative estimate of drug-likeness (QED) is 0.591. The third-order valence-electron chi connectivity index (χ3n) is 4.47. The maximum Gasteiger partial charge on any atom is 0.150 e. The fourth-order valence-corrected chi connectivity index (χ4v) is 4.06. The minimum Gasteiger partial charge on any atom is -0.483 e. The van der Waals surface area contributed by atoms with Gasteiger partial charge >= 0.3 is 0 Å². The average molecular weight is 467 g/mol. The van der Waals surface area contributed by atoms with Crippen LogP contribution in [0.3, 0.4) is 0 Å². The highest BCUT2D eigenvalue weighted by Gasteiger charge is 2.29. The lowest BCUT2D eigenvalue weighted by molar-refractivity contribution is 0.0736. The largest absolute Gasteiger partial charge is 0.483 e. The molecule has 2 N–H and O–H groups in total. The Kier molecular flexibility index (Phi) is 5.98. The summed E-state index contributed by atoms with van der Waals surface area (Å²) in [6.07, 6.45) is 2.98. The minimum absolute atomic E-state index is 0.157. The highest BCUT2D eigenvalue weighted by Crippen LogP contribution is 2.36. The number of hydrogen-bond acceptors (Lipinski definition) is 8. The molecule has 1 fully saturated rings. The van der Waals surface area contributed by atoms with Crippen molar-refractivity contribution in [3.05, 3.63) is 47.5 Å². The zero-order valence-corrected chi connectivity index (χ0v) is 18.3. The second-order valence-electron chi connectivity index (χ2n) is 7.34. The molecular formula is C20H20ClFN4O4S. The van der Waals surface area contributed by atoms with E-state index in [-0.39, 0.29) is 19.0 Å². The molecule has 2 heterocycles. The molecule has 2 atom stereocenters. The number of aromatic nitrogens is 2. The Morgan fingerprint density at radius 2 is 2.10 bits per heavy atom. The van der Waals surface area contributed by atoms with E-state index in [9.17, 15) is 13.7 Å². The Morgan fingerprint density at radius 3 is 2.81 bits per heavy atom. The molecule has 2 aromatic carbocycles. The second-order valence-corrected chi connectivity index (χ2v) is 10.3. The number of ether oxygens (including phenoxy) is 2. The Bertz CT molecular complexity index is 1260. The predicted octanol–water partition coefficient (Wildman–Crippen LogP) is 3.66. The van der Waals surface area contributed by atoms with Crippen LogP contribution >= 0.6 is 11.6 Å². The van der Waals surface area contributed by atoms with Crippen molar-refractivity contribution in [1.82, 2.24) is 9.97 Å². The van der Waals surface area contributed by atoms with Crippen LogP contribution in [-0.4, -0.2) is 57.2 Å². The molecule has 0 amide bonds. The van der Waals surface area contributed by atoms with Gasteiger partial charge in [-0.3, -0.25) is 0 Å². The number of anilines is 2. The van der Waals surface area contributed by atoms with Crippen LogP contribution in [0.2, 0.25) is 5.02 Å². The number of halogens is 2. The van der Waals surface area contributed by atoms with E-state index in [2.05, 4.69) is 19.6 Å². The Morgan fingerprint density at radius 1 is 1.29 bits per heavy atom. The summed E-state index contributed by atoms with van der Waals surface area (Å²) in [5.41, 5.74) is 1.37. The van der Waals surface area contributed by atoms with Gasteiger partial charge in [0, 0.05) is 28.3 Å². The van der Waals surface area contributed by atoms with E-state index in [1.165, 1.54) is 37.0 Å². The highest BCUT2D eigenvalue weighted by molar-refractivity contribution is 7.92. The Labute approximate surface area is 183 Å². The van der Waals surface area contributed by atoms with Crippen LogP contribution < -0.4 is 10.1 Å². The van der Waals surface area contributed by atoms with E-state index >= 15 is 0 Å². The summed E-state index contributed by atoms with van der Waals surface area (Å²) in [5, 5.41) is 13.9. The number of hydrogen-bond donors (Lipinski definition) is 2. The van der Waals surface area contributed by atoms with Crippen molar-refractivity contribution in [2.75, 3.05) is 31.0 Å². The van der Waals surface area contributed by atoms with Gasteiger partial charge in [-0.15, -0.1) is 0 Å². The maximum absolute atomic E-state index is 13.9. The molecule has 1 saturated heterocycles. The van der Waals surface area contributed by atoms with Gasteiger partial charge < -0.3 is 19.9 Å². The Balaban J connectivity index is 1.73. The molecule has 0 unspecified atom stereocenters. The van der Waals surface area contributed by atoms with Crippen molar-refractivity contribution in [1.29, 1.82) is 0 Å². The van der Waals surface area contributed by atoms with Gasteiger partial charge in [-0.2, -0.15) is 4.36 Å². The van der Waals surface area contributed by atoms with Crippen LogP contribution in [0.1, 0.15) is 0 Å². The van der Waals surface area contributed by atoms with Crippen molar-refractivity contribution in [2.24, 2.45) is 4.36 Å². The number of aliphatic hydroxyl groups excluding tert-OH is 1. The van der Waals surface area contributed by atoms with E-state index in [0.717, 1.165) is 0 Å². The summed E-state index contributed by atoms with van der Waals surface area (Å²) in [6.45, 7) is 0.355. The monoisotopic (exact) mass is 466 g/mol. The second kappa shape index (κ2) is 8.54. The van der Waals surface area contributed by atoms with Gasteiger partial charge in [-0.1, -0.05) is 11.6 Å². The topological polar surface area (TPSA) is 106 Å². The first-order valence-corrected chi connectivity index (χ1v) is 12.0.